The Labute approximate surface area is 232 Å². The molecule has 0 aromatic heterocycles. The highest BCUT2D eigenvalue weighted by molar-refractivity contribution is 6.09. The topological polar surface area (TPSA) is 94.2 Å². The van der Waals surface area contributed by atoms with Gasteiger partial charge in [-0.15, -0.1) is 0 Å². The van der Waals surface area contributed by atoms with Crippen LogP contribution < -0.4 is 15.2 Å². The lowest BCUT2D eigenvalue weighted by molar-refractivity contribution is 0.0774. The van der Waals surface area contributed by atoms with Crippen molar-refractivity contribution in [2.45, 2.75) is 5.92 Å². The highest BCUT2D eigenvalue weighted by Gasteiger charge is 2.33. The van der Waals surface area contributed by atoms with E-state index in [2.05, 4.69) is 11.8 Å². The summed E-state index contributed by atoms with van der Waals surface area (Å²) in [6, 6.07) is 29.7. The number of carbonyl (C=O) groups excluding carboxylic acids is 2. The summed E-state index contributed by atoms with van der Waals surface area (Å²) in [5.41, 5.74) is 10.3. The van der Waals surface area contributed by atoms with Crippen molar-refractivity contribution >= 4 is 17.5 Å². The lowest BCUT2D eigenvalue weighted by Crippen LogP contribution is -2.26. The van der Waals surface area contributed by atoms with Crippen LogP contribution in [0.1, 0.15) is 48.9 Å². The van der Waals surface area contributed by atoms with E-state index in [0.717, 1.165) is 22.3 Å². The van der Waals surface area contributed by atoms with E-state index in [9.17, 15) is 9.59 Å². The molecular formula is C33H27N3O4. The highest BCUT2D eigenvalue weighted by Crippen LogP contribution is 2.34. The van der Waals surface area contributed by atoms with E-state index in [0.29, 0.717) is 29.3 Å². The van der Waals surface area contributed by atoms with Crippen LogP contribution in [0, 0.1) is 11.8 Å². The summed E-state index contributed by atoms with van der Waals surface area (Å²) in [5, 5.41) is 6.19. The van der Waals surface area contributed by atoms with Gasteiger partial charge in [0.15, 0.2) is 11.5 Å². The Kier molecular flexibility index (Phi) is 7.61. The number of rotatable bonds is 6. The number of hydrogen-bond acceptors (Lipinski definition) is 5. The minimum atomic E-state index is -0.598. The van der Waals surface area contributed by atoms with Crippen LogP contribution in [-0.2, 0) is 0 Å². The first-order chi connectivity index (χ1) is 19.5. The van der Waals surface area contributed by atoms with Gasteiger partial charge in [-0.25, -0.2) is 5.01 Å². The molecule has 1 aliphatic rings. The molecule has 1 unspecified atom stereocenters. The lowest BCUT2D eigenvalue weighted by Gasteiger charge is -2.16. The second kappa shape index (κ2) is 11.6. The number of hydrogen-bond donors (Lipinski definition) is 1. The normalized spacial score (nSPS) is 14.1. The molecular weight excluding hydrogens is 502 g/mol. The zero-order chi connectivity index (χ0) is 28.1. The fraction of sp³-hybridized carbons (Fsp3) is 0.121. The van der Waals surface area contributed by atoms with Crippen LogP contribution in [0.3, 0.4) is 0 Å². The standard InChI is InChI=1S/C33H27N3O4/c1-39-29-18-17-25(20-30(29)40-2)31-28(21-36(35-31)33(38)27-10-6-9-26(19-27)32(34)37)24-15-13-23(14-16-24)12-11-22-7-4-3-5-8-22/h3-10,13-20,28H,21H2,1-2H3,(H2,34,37). The Morgan fingerprint density at radius 2 is 1.48 bits per heavy atom. The number of ether oxygens (including phenoxy) is 2. The molecule has 198 valence electrons. The van der Waals surface area contributed by atoms with Crippen LogP contribution in [0.4, 0.5) is 0 Å². The molecule has 7 nitrogen and oxygen atoms in total. The summed E-state index contributed by atoms with van der Waals surface area (Å²) in [6.07, 6.45) is 0. The van der Waals surface area contributed by atoms with E-state index in [1.165, 1.54) is 11.1 Å². The van der Waals surface area contributed by atoms with Crippen LogP contribution in [0.2, 0.25) is 0 Å². The van der Waals surface area contributed by atoms with Crippen LogP contribution >= 0.6 is 0 Å². The van der Waals surface area contributed by atoms with Crippen molar-refractivity contribution in [3.63, 3.8) is 0 Å². The van der Waals surface area contributed by atoms with E-state index in [4.69, 9.17) is 20.3 Å². The summed E-state index contributed by atoms with van der Waals surface area (Å²) in [5.74, 6) is 6.40. The van der Waals surface area contributed by atoms with Crippen molar-refractivity contribution in [1.82, 2.24) is 5.01 Å². The minimum Gasteiger partial charge on any atom is -0.493 e. The molecule has 0 saturated heterocycles. The largest absolute Gasteiger partial charge is 0.493 e. The molecule has 5 rings (SSSR count). The first kappa shape index (κ1) is 26.3. The molecule has 0 saturated carbocycles. The molecule has 2 N–H and O–H groups in total. The second-order valence-electron chi connectivity index (χ2n) is 9.18. The van der Waals surface area contributed by atoms with E-state index >= 15 is 0 Å². The van der Waals surface area contributed by atoms with Crippen molar-refractivity contribution in [1.29, 1.82) is 0 Å². The molecule has 0 bridgehead atoms. The predicted octanol–water partition coefficient (Wildman–Crippen LogP) is 4.85. The maximum Gasteiger partial charge on any atom is 0.274 e. The monoisotopic (exact) mass is 529 g/mol. The molecule has 1 aliphatic heterocycles. The Morgan fingerprint density at radius 3 is 2.15 bits per heavy atom. The summed E-state index contributed by atoms with van der Waals surface area (Å²) < 4.78 is 10.9. The van der Waals surface area contributed by atoms with Gasteiger partial charge in [0.05, 0.1) is 26.5 Å². The Hall–Kier alpha value is -5.35. The SMILES string of the molecule is COc1ccc(C2=NN(C(=O)c3cccc(C(N)=O)c3)CC2c2ccc(C#Cc3ccccc3)cc2)cc1OC. The molecule has 0 spiro atoms. The van der Waals surface area contributed by atoms with E-state index in [1.807, 2.05) is 72.8 Å². The predicted molar refractivity (Wildman–Crippen MR) is 154 cm³/mol. The van der Waals surface area contributed by atoms with Gasteiger partial charge in [-0.2, -0.15) is 5.10 Å². The van der Waals surface area contributed by atoms with Gasteiger partial charge < -0.3 is 15.2 Å². The minimum absolute atomic E-state index is 0.211. The fourth-order valence-corrected chi connectivity index (χ4v) is 4.57. The summed E-state index contributed by atoms with van der Waals surface area (Å²) >= 11 is 0. The van der Waals surface area contributed by atoms with Crippen LogP contribution in [0.5, 0.6) is 11.5 Å². The van der Waals surface area contributed by atoms with Gasteiger partial charge >= 0.3 is 0 Å². The molecule has 7 heteroatoms. The third kappa shape index (κ3) is 5.57. The number of nitrogens with zero attached hydrogens (tertiary/aromatic N) is 2. The third-order valence-corrected chi connectivity index (χ3v) is 6.66. The number of hydrazone groups is 1. The van der Waals surface area contributed by atoms with Crippen molar-refractivity contribution < 1.29 is 19.1 Å². The maximum atomic E-state index is 13.5. The van der Waals surface area contributed by atoms with Crippen molar-refractivity contribution in [3.8, 4) is 23.3 Å². The van der Waals surface area contributed by atoms with Crippen molar-refractivity contribution in [2.24, 2.45) is 10.8 Å². The number of methoxy groups -OCH3 is 2. The van der Waals surface area contributed by atoms with Crippen LogP contribution in [0.15, 0.2) is 102 Å². The Balaban J connectivity index is 1.49. The number of amides is 2. The quantitative estimate of drug-likeness (QED) is 0.362. The molecule has 4 aromatic rings. The zero-order valence-corrected chi connectivity index (χ0v) is 22.1. The van der Waals surface area contributed by atoms with Crippen molar-refractivity contribution in [3.05, 3.63) is 130 Å². The van der Waals surface area contributed by atoms with E-state index in [-0.39, 0.29) is 17.4 Å². The third-order valence-electron chi connectivity index (χ3n) is 6.66. The zero-order valence-electron chi connectivity index (χ0n) is 22.1. The molecule has 2 amide bonds. The molecule has 0 fully saturated rings. The maximum absolute atomic E-state index is 13.5. The lowest BCUT2D eigenvalue weighted by atomic mass is 9.90. The molecule has 0 aliphatic carbocycles. The van der Waals surface area contributed by atoms with Gasteiger partial charge in [-0.05, 0) is 66.2 Å². The molecule has 1 heterocycles. The first-order valence-corrected chi connectivity index (χ1v) is 12.7. The Morgan fingerprint density at radius 1 is 0.800 bits per heavy atom. The Bertz CT molecular complexity index is 1650. The molecule has 4 aromatic carbocycles. The van der Waals surface area contributed by atoms with Gasteiger partial charge in [0.1, 0.15) is 0 Å². The number of carbonyl (C=O) groups is 2. The summed E-state index contributed by atoms with van der Waals surface area (Å²) in [4.78, 5) is 25.2. The molecule has 1 atom stereocenters. The van der Waals surface area contributed by atoms with Gasteiger partial charge in [-0.3, -0.25) is 9.59 Å². The second-order valence-corrected chi connectivity index (χ2v) is 9.18. The summed E-state index contributed by atoms with van der Waals surface area (Å²) in [7, 11) is 3.16. The smallest absolute Gasteiger partial charge is 0.274 e. The van der Waals surface area contributed by atoms with Gasteiger partial charge in [0, 0.05) is 33.7 Å². The number of nitrogens with two attached hydrogens (primary N) is 1. The average molecular weight is 530 g/mol. The van der Waals surface area contributed by atoms with Crippen LogP contribution in [-0.4, -0.2) is 43.3 Å². The van der Waals surface area contributed by atoms with Crippen molar-refractivity contribution in [2.75, 3.05) is 20.8 Å². The van der Waals surface area contributed by atoms with Gasteiger partial charge in [0.25, 0.3) is 5.91 Å². The fourth-order valence-electron chi connectivity index (χ4n) is 4.57. The van der Waals surface area contributed by atoms with E-state index < -0.39 is 5.91 Å². The first-order valence-electron chi connectivity index (χ1n) is 12.7. The molecule has 40 heavy (non-hydrogen) atoms. The highest BCUT2D eigenvalue weighted by atomic mass is 16.5. The van der Waals surface area contributed by atoms with Gasteiger partial charge in [-0.1, -0.05) is 48.2 Å². The summed E-state index contributed by atoms with van der Waals surface area (Å²) in [6.45, 7) is 0.318. The number of primary amides is 1. The van der Waals surface area contributed by atoms with E-state index in [1.54, 1.807) is 32.4 Å². The molecule has 0 radical (unpaired) electrons. The van der Waals surface area contributed by atoms with Gasteiger partial charge in [0.2, 0.25) is 5.91 Å². The van der Waals surface area contributed by atoms with Crippen LogP contribution in [0.25, 0.3) is 0 Å². The average Bonchev–Trinajstić information content (AvgIpc) is 3.45. The number of benzene rings is 4.